The van der Waals surface area contributed by atoms with Crippen molar-refractivity contribution in [1.82, 2.24) is 19.6 Å². The molecule has 6 heteroatoms. The monoisotopic (exact) mass is 333 g/mol. The van der Waals surface area contributed by atoms with Crippen LogP contribution in [0.4, 0.5) is 5.69 Å². The number of nitrogens with one attached hydrogen (secondary N) is 1. The number of carbonyl (C=O) groups excluding carboxylic acids is 1. The van der Waals surface area contributed by atoms with E-state index in [1.54, 1.807) is 0 Å². The van der Waals surface area contributed by atoms with Gasteiger partial charge >= 0.3 is 0 Å². The molecule has 0 atom stereocenters. The lowest BCUT2D eigenvalue weighted by molar-refractivity contribution is -0.131. The molecule has 6 nitrogen and oxygen atoms in total. The minimum Gasteiger partial charge on any atom is -0.380 e. The third kappa shape index (κ3) is 4.72. The molecule has 2 saturated heterocycles. The number of likely N-dealkylation sites (tertiary alicyclic amines) is 2. The van der Waals surface area contributed by atoms with Gasteiger partial charge in [0.25, 0.3) is 0 Å². The maximum Gasteiger partial charge on any atom is 0.222 e. The molecule has 0 aromatic carbocycles. The van der Waals surface area contributed by atoms with Crippen molar-refractivity contribution in [3.63, 3.8) is 0 Å². The first-order valence-corrected chi connectivity index (χ1v) is 9.53. The molecule has 0 spiro atoms. The Kier molecular flexibility index (Phi) is 6.12. The highest BCUT2D eigenvalue weighted by Crippen LogP contribution is 2.17. The molecule has 2 aliphatic heterocycles. The minimum absolute atomic E-state index is 0.277. The standard InChI is InChI=1S/C18H31N5O/c1-2-18(24)22-10-6-16(7-11-22)20-17-14-19-23(15-17)13-12-21-8-4-3-5-9-21/h14-16,20H,2-13H2,1H3. The Bertz CT molecular complexity index is 515. The fourth-order valence-corrected chi connectivity index (χ4v) is 3.72. The molecule has 0 saturated carbocycles. The zero-order valence-corrected chi connectivity index (χ0v) is 14.9. The molecule has 0 unspecified atom stereocenters. The van der Waals surface area contributed by atoms with E-state index in [4.69, 9.17) is 0 Å². The van der Waals surface area contributed by atoms with Gasteiger partial charge in [0.1, 0.15) is 0 Å². The van der Waals surface area contributed by atoms with Gasteiger partial charge in [0, 0.05) is 38.3 Å². The second kappa shape index (κ2) is 8.51. The summed E-state index contributed by atoms with van der Waals surface area (Å²) in [7, 11) is 0. The molecule has 24 heavy (non-hydrogen) atoms. The lowest BCUT2D eigenvalue weighted by Crippen LogP contribution is -2.42. The number of amides is 1. The molecular weight excluding hydrogens is 302 g/mol. The summed E-state index contributed by atoms with van der Waals surface area (Å²) in [5, 5.41) is 8.07. The fraction of sp³-hybridized carbons (Fsp3) is 0.778. The van der Waals surface area contributed by atoms with Crippen LogP contribution in [0.3, 0.4) is 0 Å². The molecule has 1 aromatic rings. The van der Waals surface area contributed by atoms with Crippen LogP contribution < -0.4 is 5.32 Å². The number of hydrogen-bond acceptors (Lipinski definition) is 4. The quantitative estimate of drug-likeness (QED) is 0.867. The second-order valence-corrected chi connectivity index (χ2v) is 7.05. The zero-order valence-electron chi connectivity index (χ0n) is 14.9. The Balaban J connectivity index is 1.40. The van der Waals surface area contributed by atoms with Crippen LogP contribution in [0.25, 0.3) is 0 Å². The van der Waals surface area contributed by atoms with Crippen molar-refractivity contribution >= 4 is 11.6 Å². The highest BCUT2D eigenvalue weighted by molar-refractivity contribution is 5.75. The largest absolute Gasteiger partial charge is 0.380 e. The normalized spacial score (nSPS) is 20.3. The van der Waals surface area contributed by atoms with E-state index in [0.29, 0.717) is 12.5 Å². The molecule has 1 N–H and O–H groups in total. The van der Waals surface area contributed by atoms with Gasteiger partial charge in [0.2, 0.25) is 5.91 Å². The maximum atomic E-state index is 11.7. The van der Waals surface area contributed by atoms with E-state index < -0.39 is 0 Å². The Morgan fingerprint density at radius 3 is 2.62 bits per heavy atom. The van der Waals surface area contributed by atoms with Crippen LogP contribution in [-0.2, 0) is 11.3 Å². The predicted octanol–water partition coefficient (Wildman–Crippen LogP) is 2.18. The Labute approximate surface area is 145 Å². The summed E-state index contributed by atoms with van der Waals surface area (Å²) < 4.78 is 2.05. The third-order valence-corrected chi connectivity index (χ3v) is 5.25. The summed E-state index contributed by atoms with van der Waals surface area (Å²) >= 11 is 0. The van der Waals surface area contributed by atoms with Crippen LogP contribution in [-0.4, -0.2) is 64.3 Å². The van der Waals surface area contributed by atoms with Crippen molar-refractivity contribution in [2.24, 2.45) is 0 Å². The number of aromatic nitrogens is 2. The van der Waals surface area contributed by atoms with Gasteiger partial charge in [-0.15, -0.1) is 0 Å². The summed E-state index contributed by atoms with van der Waals surface area (Å²) in [6, 6.07) is 0.450. The van der Waals surface area contributed by atoms with Gasteiger partial charge < -0.3 is 15.1 Å². The van der Waals surface area contributed by atoms with E-state index in [0.717, 1.165) is 44.7 Å². The smallest absolute Gasteiger partial charge is 0.222 e. The van der Waals surface area contributed by atoms with Crippen molar-refractivity contribution in [3.05, 3.63) is 12.4 Å². The number of piperidine rings is 2. The van der Waals surface area contributed by atoms with Crippen LogP contribution >= 0.6 is 0 Å². The number of hydrogen-bond donors (Lipinski definition) is 1. The zero-order chi connectivity index (χ0) is 16.8. The first-order valence-electron chi connectivity index (χ1n) is 9.53. The minimum atomic E-state index is 0.277. The van der Waals surface area contributed by atoms with E-state index >= 15 is 0 Å². The molecule has 134 valence electrons. The van der Waals surface area contributed by atoms with E-state index in [2.05, 4.69) is 21.5 Å². The SMILES string of the molecule is CCC(=O)N1CCC(Nc2cnn(CCN3CCCCC3)c2)CC1. The van der Waals surface area contributed by atoms with Crippen molar-refractivity contribution in [2.45, 2.75) is 58.0 Å². The molecule has 1 aromatic heterocycles. The van der Waals surface area contributed by atoms with Gasteiger partial charge in [0.15, 0.2) is 0 Å². The molecule has 2 aliphatic rings. The van der Waals surface area contributed by atoms with Crippen molar-refractivity contribution < 1.29 is 4.79 Å². The first-order chi connectivity index (χ1) is 11.7. The molecule has 0 bridgehead atoms. The Hall–Kier alpha value is -1.56. The van der Waals surface area contributed by atoms with Crippen molar-refractivity contribution in [3.8, 4) is 0 Å². The average Bonchev–Trinajstić information content (AvgIpc) is 3.08. The van der Waals surface area contributed by atoms with Crippen molar-refractivity contribution in [2.75, 3.05) is 38.0 Å². The van der Waals surface area contributed by atoms with Gasteiger partial charge in [-0.25, -0.2) is 0 Å². The van der Waals surface area contributed by atoms with Gasteiger partial charge in [-0.2, -0.15) is 5.10 Å². The number of carbonyl (C=O) groups is 1. The molecule has 3 heterocycles. The Morgan fingerprint density at radius 2 is 1.92 bits per heavy atom. The van der Waals surface area contributed by atoms with Gasteiger partial charge in [-0.3, -0.25) is 9.48 Å². The third-order valence-electron chi connectivity index (χ3n) is 5.25. The fourth-order valence-electron chi connectivity index (χ4n) is 3.72. The number of nitrogens with zero attached hydrogens (tertiary/aromatic N) is 4. The number of rotatable bonds is 6. The van der Waals surface area contributed by atoms with E-state index in [1.807, 2.05) is 22.7 Å². The van der Waals surface area contributed by atoms with Crippen LogP contribution in [0.15, 0.2) is 12.4 Å². The summed E-state index contributed by atoms with van der Waals surface area (Å²) in [5.41, 5.74) is 1.11. The lowest BCUT2D eigenvalue weighted by Gasteiger charge is -2.32. The van der Waals surface area contributed by atoms with Crippen LogP contribution in [0.1, 0.15) is 45.4 Å². The Morgan fingerprint density at radius 1 is 1.17 bits per heavy atom. The van der Waals surface area contributed by atoms with Crippen LogP contribution in [0.2, 0.25) is 0 Å². The summed E-state index contributed by atoms with van der Waals surface area (Å²) in [4.78, 5) is 16.3. The van der Waals surface area contributed by atoms with Crippen molar-refractivity contribution in [1.29, 1.82) is 0 Å². The van der Waals surface area contributed by atoms with Crippen LogP contribution in [0.5, 0.6) is 0 Å². The lowest BCUT2D eigenvalue weighted by atomic mass is 10.0. The first kappa shape index (κ1) is 17.3. The molecule has 1 amide bonds. The molecule has 0 radical (unpaired) electrons. The topological polar surface area (TPSA) is 53.4 Å². The summed E-state index contributed by atoms with van der Waals surface area (Å²) in [6.07, 6.45) is 10.8. The van der Waals surface area contributed by atoms with E-state index in [-0.39, 0.29) is 5.91 Å². The van der Waals surface area contributed by atoms with Gasteiger partial charge in [0.05, 0.1) is 18.4 Å². The highest BCUT2D eigenvalue weighted by Gasteiger charge is 2.21. The second-order valence-electron chi connectivity index (χ2n) is 7.05. The highest BCUT2D eigenvalue weighted by atomic mass is 16.2. The number of anilines is 1. The predicted molar refractivity (Wildman–Crippen MR) is 96.0 cm³/mol. The van der Waals surface area contributed by atoms with Gasteiger partial charge in [-0.05, 0) is 38.8 Å². The molecule has 2 fully saturated rings. The van der Waals surface area contributed by atoms with Gasteiger partial charge in [-0.1, -0.05) is 13.3 Å². The van der Waals surface area contributed by atoms with Crippen LogP contribution in [0, 0.1) is 0 Å². The summed E-state index contributed by atoms with van der Waals surface area (Å²) in [6.45, 7) is 8.21. The maximum absolute atomic E-state index is 11.7. The average molecular weight is 333 g/mol. The molecule has 3 rings (SSSR count). The molecular formula is C18H31N5O. The van der Waals surface area contributed by atoms with E-state index in [9.17, 15) is 4.79 Å². The van der Waals surface area contributed by atoms with E-state index in [1.165, 1.54) is 32.4 Å². The molecule has 0 aliphatic carbocycles. The summed E-state index contributed by atoms with van der Waals surface area (Å²) in [5.74, 6) is 0.277.